The fraction of sp³-hybridized carbons (Fsp3) is 0.0909. The molecule has 2 aromatic rings. The van der Waals surface area contributed by atoms with E-state index in [0.717, 1.165) is 0 Å². The first-order valence-electron chi connectivity index (χ1n) is 4.80. The zero-order chi connectivity index (χ0) is 12.4. The number of aromatic carboxylic acids is 1. The van der Waals surface area contributed by atoms with Crippen LogP contribution in [-0.2, 0) is 0 Å². The van der Waals surface area contributed by atoms with Crippen molar-refractivity contribution in [2.75, 3.05) is 0 Å². The van der Waals surface area contributed by atoms with E-state index in [0.29, 0.717) is 17.1 Å². The number of aromatic nitrogens is 3. The molecule has 0 amide bonds. The van der Waals surface area contributed by atoms with Crippen LogP contribution in [-0.4, -0.2) is 25.8 Å². The van der Waals surface area contributed by atoms with Crippen molar-refractivity contribution in [3.8, 4) is 11.8 Å². The first-order chi connectivity index (χ1) is 8.13. The predicted octanol–water partition coefficient (Wildman–Crippen LogP) is 1.15. The molecular formula is C11H8N4O2. The molecule has 0 unspecified atom stereocenters. The lowest BCUT2D eigenvalue weighted by Crippen LogP contribution is -2.04. The van der Waals surface area contributed by atoms with Crippen LogP contribution >= 0.6 is 0 Å². The maximum Gasteiger partial charge on any atom is 0.375 e. The summed E-state index contributed by atoms with van der Waals surface area (Å²) in [6, 6.07) is 8.82. The maximum atomic E-state index is 10.7. The van der Waals surface area contributed by atoms with Gasteiger partial charge in [-0.15, -0.1) is 5.10 Å². The van der Waals surface area contributed by atoms with E-state index in [1.807, 2.05) is 6.07 Å². The highest BCUT2D eigenvalue weighted by atomic mass is 16.4. The van der Waals surface area contributed by atoms with Crippen molar-refractivity contribution in [2.24, 2.45) is 0 Å². The van der Waals surface area contributed by atoms with Crippen LogP contribution < -0.4 is 0 Å². The van der Waals surface area contributed by atoms with Gasteiger partial charge in [0.15, 0.2) is 0 Å². The Morgan fingerprint density at radius 1 is 1.47 bits per heavy atom. The van der Waals surface area contributed by atoms with E-state index in [9.17, 15) is 4.79 Å². The highest BCUT2D eigenvalue weighted by Crippen LogP contribution is 2.14. The van der Waals surface area contributed by atoms with Crippen LogP contribution in [0.25, 0.3) is 5.69 Å². The summed E-state index contributed by atoms with van der Waals surface area (Å²) in [6.45, 7) is 1.63. The summed E-state index contributed by atoms with van der Waals surface area (Å²) in [5.41, 5.74) is 0.935. The second kappa shape index (κ2) is 4.06. The Morgan fingerprint density at radius 3 is 2.76 bits per heavy atom. The Labute approximate surface area is 96.8 Å². The zero-order valence-corrected chi connectivity index (χ0v) is 8.95. The fourth-order valence-electron chi connectivity index (χ4n) is 1.46. The molecule has 1 aromatic heterocycles. The third-order valence-electron chi connectivity index (χ3n) is 2.21. The third-order valence-corrected chi connectivity index (χ3v) is 2.21. The third kappa shape index (κ3) is 1.86. The van der Waals surface area contributed by atoms with Crippen LogP contribution in [0.15, 0.2) is 24.3 Å². The highest BCUT2D eigenvalue weighted by molar-refractivity contribution is 5.83. The summed E-state index contributed by atoms with van der Waals surface area (Å²) >= 11 is 0. The second-order valence-electron chi connectivity index (χ2n) is 3.33. The molecule has 2 rings (SSSR count). The Balaban J connectivity index is 2.61. The van der Waals surface area contributed by atoms with Gasteiger partial charge in [0.2, 0.25) is 0 Å². The first kappa shape index (κ1) is 10.8. The molecule has 84 valence electrons. The van der Waals surface area contributed by atoms with Crippen LogP contribution in [0.4, 0.5) is 0 Å². The molecule has 1 heterocycles. The van der Waals surface area contributed by atoms with E-state index in [-0.39, 0.29) is 5.82 Å². The van der Waals surface area contributed by atoms with E-state index >= 15 is 0 Å². The average molecular weight is 228 g/mol. The van der Waals surface area contributed by atoms with Crippen LogP contribution in [0.1, 0.15) is 22.0 Å². The lowest BCUT2D eigenvalue weighted by atomic mass is 10.2. The molecule has 0 bridgehead atoms. The monoisotopic (exact) mass is 228 g/mol. The second-order valence-corrected chi connectivity index (χ2v) is 3.33. The van der Waals surface area contributed by atoms with Gasteiger partial charge >= 0.3 is 5.97 Å². The molecule has 0 aliphatic carbocycles. The first-order valence-corrected chi connectivity index (χ1v) is 4.80. The Hall–Kier alpha value is -2.68. The van der Waals surface area contributed by atoms with E-state index in [1.54, 1.807) is 31.2 Å². The van der Waals surface area contributed by atoms with Crippen LogP contribution in [0, 0.1) is 18.3 Å². The van der Waals surface area contributed by atoms with Gasteiger partial charge in [0.1, 0.15) is 11.9 Å². The van der Waals surface area contributed by atoms with Crippen LogP contribution in [0.2, 0.25) is 0 Å². The van der Waals surface area contributed by atoms with Crippen molar-refractivity contribution in [3.63, 3.8) is 0 Å². The quantitative estimate of drug-likeness (QED) is 0.832. The van der Waals surface area contributed by atoms with Crippen molar-refractivity contribution in [1.29, 1.82) is 5.26 Å². The van der Waals surface area contributed by atoms with Gasteiger partial charge in [0.25, 0.3) is 5.82 Å². The molecule has 0 aliphatic rings. The molecule has 1 aromatic carbocycles. The molecule has 0 spiro atoms. The molecule has 0 fully saturated rings. The largest absolute Gasteiger partial charge is 0.475 e. The van der Waals surface area contributed by atoms with Gasteiger partial charge in [0, 0.05) is 0 Å². The van der Waals surface area contributed by atoms with Gasteiger partial charge in [-0.1, -0.05) is 12.1 Å². The van der Waals surface area contributed by atoms with Crippen LogP contribution in [0.5, 0.6) is 0 Å². The van der Waals surface area contributed by atoms with E-state index < -0.39 is 5.97 Å². The standard InChI is InChI=1S/C11H8N4O2/c1-7-13-10(11(16)17)14-15(7)9-5-3-2-4-8(9)6-12/h2-5H,1H3,(H,16,17). The number of rotatable bonds is 2. The van der Waals surface area contributed by atoms with Crippen molar-refractivity contribution in [2.45, 2.75) is 6.92 Å². The van der Waals surface area contributed by atoms with Gasteiger partial charge in [-0.05, 0) is 19.1 Å². The number of aryl methyl sites for hydroxylation is 1. The topological polar surface area (TPSA) is 91.8 Å². The summed E-state index contributed by atoms with van der Waals surface area (Å²) in [6.07, 6.45) is 0. The highest BCUT2D eigenvalue weighted by Gasteiger charge is 2.15. The van der Waals surface area contributed by atoms with Gasteiger partial charge in [-0.25, -0.2) is 14.5 Å². The number of nitriles is 1. The molecule has 0 saturated heterocycles. The predicted molar refractivity (Wildman–Crippen MR) is 57.8 cm³/mol. The van der Waals surface area contributed by atoms with Gasteiger partial charge in [0.05, 0.1) is 11.3 Å². The number of carbonyl (C=O) groups is 1. The summed E-state index contributed by atoms with van der Waals surface area (Å²) in [5, 5.41) is 21.6. The van der Waals surface area contributed by atoms with E-state index in [4.69, 9.17) is 10.4 Å². The fourth-order valence-corrected chi connectivity index (χ4v) is 1.46. The summed E-state index contributed by atoms with van der Waals surface area (Å²) < 4.78 is 1.35. The summed E-state index contributed by atoms with van der Waals surface area (Å²) in [4.78, 5) is 14.6. The number of hydrogen-bond acceptors (Lipinski definition) is 4. The molecule has 1 N–H and O–H groups in total. The number of carboxylic acid groups (broad SMARTS) is 1. The Bertz CT molecular complexity index is 625. The van der Waals surface area contributed by atoms with Crippen LogP contribution in [0.3, 0.4) is 0 Å². The van der Waals surface area contributed by atoms with E-state index in [1.165, 1.54) is 4.68 Å². The Morgan fingerprint density at radius 2 is 2.18 bits per heavy atom. The smallest absolute Gasteiger partial charge is 0.375 e. The minimum atomic E-state index is -1.19. The SMILES string of the molecule is Cc1nc(C(=O)O)nn1-c1ccccc1C#N. The number of benzene rings is 1. The van der Waals surface area contributed by atoms with Gasteiger partial charge < -0.3 is 5.11 Å². The molecule has 0 saturated carbocycles. The average Bonchev–Trinajstić information content (AvgIpc) is 2.71. The number of nitrogens with zero attached hydrogens (tertiary/aromatic N) is 4. The summed E-state index contributed by atoms with van der Waals surface area (Å²) in [7, 11) is 0. The lowest BCUT2D eigenvalue weighted by molar-refractivity contribution is 0.0683. The molecule has 0 aliphatic heterocycles. The van der Waals surface area contributed by atoms with Crippen molar-refractivity contribution >= 4 is 5.97 Å². The minimum absolute atomic E-state index is 0.282. The lowest BCUT2D eigenvalue weighted by Gasteiger charge is -2.03. The minimum Gasteiger partial charge on any atom is -0.475 e. The normalized spacial score (nSPS) is 9.88. The van der Waals surface area contributed by atoms with Crippen molar-refractivity contribution in [3.05, 3.63) is 41.5 Å². The van der Waals surface area contributed by atoms with Gasteiger partial charge in [-0.3, -0.25) is 0 Å². The molecule has 0 atom stereocenters. The number of para-hydroxylation sites is 1. The van der Waals surface area contributed by atoms with E-state index in [2.05, 4.69) is 10.1 Å². The maximum absolute atomic E-state index is 10.7. The zero-order valence-electron chi connectivity index (χ0n) is 8.95. The summed E-state index contributed by atoms with van der Waals surface area (Å²) in [5.74, 6) is -1.05. The van der Waals surface area contributed by atoms with Crippen molar-refractivity contribution < 1.29 is 9.90 Å². The molecule has 6 heteroatoms. The molecular weight excluding hydrogens is 220 g/mol. The number of carboxylic acids is 1. The molecule has 0 radical (unpaired) electrons. The van der Waals surface area contributed by atoms with Crippen molar-refractivity contribution in [1.82, 2.24) is 14.8 Å². The number of hydrogen-bond donors (Lipinski definition) is 1. The molecule has 17 heavy (non-hydrogen) atoms. The molecule has 6 nitrogen and oxygen atoms in total. The Kier molecular flexibility index (Phi) is 2.58. The van der Waals surface area contributed by atoms with Gasteiger partial charge in [-0.2, -0.15) is 5.26 Å².